The molecular formula is C18H18N4O5. The van der Waals surface area contributed by atoms with Crippen LogP contribution >= 0.6 is 0 Å². The molecule has 2 N–H and O–H groups in total. The number of carbonyl (C=O) groups excluding carboxylic acids is 2. The number of furan rings is 1. The largest absolute Gasteiger partial charge is 0.497 e. The minimum atomic E-state index is -0.450. The third kappa shape index (κ3) is 4.51. The lowest BCUT2D eigenvalue weighted by molar-refractivity contribution is -0.121. The first-order valence-electron chi connectivity index (χ1n) is 8.17. The van der Waals surface area contributed by atoms with Crippen LogP contribution in [0.25, 0.3) is 11.4 Å². The van der Waals surface area contributed by atoms with Gasteiger partial charge in [-0.1, -0.05) is 5.16 Å². The molecule has 0 aliphatic rings. The number of nitrogens with zero attached hydrogens (tertiary/aromatic N) is 2. The summed E-state index contributed by atoms with van der Waals surface area (Å²) in [6, 6.07) is 8.74. The summed E-state index contributed by atoms with van der Waals surface area (Å²) in [6.45, 7) is 1.66. The van der Waals surface area contributed by atoms with Gasteiger partial charge in [-0.15, -0.1) is 0 Å². The van der Waals surface area contributed by atoms with Gasteiger partial charge in [-0.3, -0.25) is 20.4 Å². The maximum absolute atomic E-state index is 11.9. The fourth-order valence-corrected chi connectivity index (χ4v) is 2.31. The van der Waals surface area contributed by atoms with Crippen LogP contribution in [0.2, 0.25) is 0 Å². The van der Waals surface area contributed by atoms with E-state index in [-0.39, 0.29) is 18.7 Å². The molecule has 2 heterocycles. The van der Waals surface area contributed by atoms with Gasteiger partial charge in [-0.25, -0.2) is 0 Å². The lowest BCUT2D eigenvalue weighted by atomic mass is 10.2. The van der Waals surface area contributed by atoms with Gasteiger partial charge in [0, 0.05) is 18.4 Å². The Bertz CT molecular complexity index is 929. The van der Waals surface area contributed by atoms with E-state index in [2.05, 4.69) is 21.0 Å². The van der Waals surface area contributed by atoms with Crippen LogP contribution in [-0.2, 0) is 11.2 Å². The highest BCUT2D eigenvalue weighted by molar-refractivity contribution is 5.96. The van der Waals surface area contributed by atoms with Crippen molar-refractivity contribution in [2.24, 2.45) is 0 Å². The fraction of sp³-hybridized carbons (Fsp3) is 0.222. The van der Waals surface area contributed by atoms with Crippen LogP contribution in [0, 0.1) is 6.92 Å². The van der Waals surface area contributed by atoms with Gasteiger partial charge in [-0.2, -0.15) is 4.98 Å². The second kappa shape index (κ2) is 8.17. The Morgan fingerprint density at radius 1 is 1.15 bits per heavy atom. The van der Waals surface area contributed by atoms with E-state index in [0.717, 1.165) is 11.3 Å². The Balaban J connectivity index is 1.48. The van der Waals surface area contributed by atoms with Gasteiger partial charge < -0.3 is 13.7 Å². The summed E-state index contributed by atoms with van der Waals surface area (Å²) in [6.07, 6.45) is 1.73. The monoisotopic (exact) mass is 370 g/mol. The van der Waals surface area contributed by atoms with Gasteiger partial charge in [0.1, 0.15) is 11.5 Å². The van der Waals surface area contributed by atoms with Gasteiger partial charge in [0.25, 0.3) is 5.91 Å². The number of amides is 2. The third-order valence-corrected chi connectivity index (χ3v) is 3.80. The summed E-state index contributed by atoms with van der Waals surface area (Å²) in [7, 11) is 1.59. The average molecular weight is 370 g/mol. The molecule has 0 aliphatic carbocycles. The van der Waals surface area contributed by atoms with Crippen molar-refractivity contribution in [3.8, 4) is 17.1 Å². The Morgan fingerprint density at radius 2 is 1.93 bits per heavy atom. The molecule has 140 valence electrons. The van der Waals surface area contributed by atoms with E-state index in [1.807, 2.05) is 12.1 Å². The Labute approximate surface area is 154 Å². The zero-order chi connectivity index (χ0) is 19.2. The van der Waals surface area contributed by atoms with Crippen molar-refractivity contribution in [2.75, 3.05) is 7.11 Å². The maximum Gasteiger partial charge on any atom is 0.273 e. The maximum atomic E-state index is 11.9. The van der Waals surface area contributed by atoms with Crippen LogP contribution in [0.5, 0.6) is 5.75 Å². The van der Waals surface area contributed by atoms with Crippen LogP contribution < -0.4 is 15.6 Å². The van der Waals surface area contributed by atoms with Gasteiger partial charge in [0.2, 0.25) is 17.6 Å². The minimum absolute atomic E-state index is 0.0783. The molecule has 0 radical (unpaired) electrons. The summed E-state index contributed by atoms with van der Waals surface area (Å²) < 4.78 is 15.3. The van der Waals surface area contributed by atoms with E-state index in [4.69, 9.17) is 13.7 Å². The van der Waals surface area contributed by atoms with Gasteiger partial charge in [-0.05, 0) is 37.3 Å². The molecule has 2 amide bonds. The molecule has 0 saturated heterocycles. The second-order valence-corrected chi connectivity index (χ2v) is 5.63. The molecule has 0 unspecified atom stereocenters. The summed E-state index contributed by atoms with van der Waals surface area (Å²) in [5.74, 6) is 1.12. The van der Waals surface area contributed by atoms with Crippen molar-refractivity contribution < 1.29 is 23.3 Å². The first-order valence-corrected chi connectivity index (χ1v) is 8.17. The van der Waals surface area contributed by atoms with Crippen molar-refractivity contribution in [1.29, 1.82) is 0 Å². The molecule has 9 heteroatoms. The molecule has 3 rings (SSSR count). The number of aromatic nitrogens is 2. The molecule has 2 aromatic heterocycles. The normalized spacial score (nSPS) is 10.4. The van der Waals surface area contributed by atoms with Crippen LogP contribution in [0.15, 0.2) is 45.5 Å². The first kappa shape index (κ1) is 18.2. The standard InChI is InChI=1S/C18H18N4O5/c1-11-14(9-10-26-11)18(24)21-20-15(23)7-8-16-19-17(22-27-16)12-3-5-13(25-2)6-4-12/h3-6,9-10H,7-8H2,1-2H3,(H,20,23)(H,21,24). The highest BCUT2D eigenvalue weighted by Crippen LogP contribution is 2.20. The predicted molar refractivity (Wildman–Crippen MR) is 93.7 cm³/mol. The van der Waals surface area contributed by atoms with E-state index >= 15 is 0 Å². The molecule has 0 saturated carbocycles. The molecule has 0 spiro atoms. The highest BCUT2D eigenvalue weighted by Gasteiger charge is 2.14. The lowest BCUT2D eigenvalue weighted by Crippen LogP contribution is -2.41. The summed E-state index contributed by atoms with van der Waals surface area (Å²) in [5, 5.41) is 3.90. The van der Waals surface area contributed by atoms with Crippen LogP contribution in [0.1, 0.15) is 28.4 Å². The van der Waals surface area contributed by atoms with E-state index in [9.17, 15) is 9.59 Å². The summed E-state index contributed by atoms with van der Waals surface area (Å²) in [4.78, 5) is 28.0. The number of hydrazine groups is 1. The number of benzene rings is 1. The van der Waals surface area contributed by atoms with Crippen LogP contribution in [0.3, 0.4) is 0 Å². The number of hydrogen-bond acceptors (Lipinski definition) is 7. The average Bonchev–Trinajstić information content (AvgIpc) is 3.33. The topological polar surface area (TPSA) is 119 Å². The molecule has 0 bridgehead atoms. The van der Waals surface area contributed by atoms with E-state index in [1.54, 1.807) is 26.2 Å². The molecular weight excluding hydrogens is 352 g/mol. The highest BCUT2D eigenvalue weighted by atomic mass is 16.5. The second-order valence-electron chi connectivity index (χ2n) is 5.63. The lowest BCUT2D eigenvalue weighted by Gasteiger charge is -2.05. The van der Waals surface area contributed by atoms with E-state index in [1.165, 1.54) is 12.3 Å². The molecule has 3 aromatic rings. The van der Waals surface area contributed by atoms with Crippen molar-refractivity contribution in [1.82, 2.24) is 21.0 Å². The number of methoxy groups -OCH3 is 1. The zero-order valence-corrected chi connectivity index (χ0v) is 14.8. The number of carbonyl (C=O) groups is 2. The Hall–Kier alpha value is -3.62. The predicted octanol–water partition coefficient (Wildman–Crippen LogP) is 2.04. The number of rotatable bonds is 6. The van der Waals surface area contributed by atoms with Crippen LogP contribution in [-0.4, -0.2) is 29.1 Å². The smallest absolute Gasteiger partial charge is 0.273 e. The van der Waals surface area contributed by atoms with E-state index < -0.39 is 5.91 Å². The van der Waals surface area contributed by atoms with Crippen molar-refractivity contribution in [3.05, 3.63) is 53.8 Å². The summed E-state index contributed by atoms with van der Waals surface area (Å²) in [5.41, 5.74) is 5.80. The van der Waals surface area contributed by atoms with Gasteiger partial charge >= 0.3 is 0 Å². The first-order chi connectivity index (χ1) is 13.1. The number of hydrogen-bond donors (Lipinski definition) is 2. The minimum Gasteiger partial charge on any atom is -0.497 e. The fourth-order valence-electron chi connectivity index (χ4n) is 2.31. The molecule has 0 atom stereocenters. The van der Waals surface area contributed by atoms with E-state index in [0.29, 0.717) is 23.0 Å². The van der Waals surface area contributed by atoms with Crippen molar-refractivity contribution >= 4 is 11.8 Å². The quantitative estimate of drug-likeness (QED) is 0.637. The van der Waals surface area contributed by atoms with Gasteiger partial charge in [0.15, 0.2) is 0 Å². The SMILES string of the molecule is COc1ccc(-c2noc(CCC(=O)NNC(=O)c3ccoc3C)n2)cc1. The Morgan fingerprint density at radius 3 is 2.59 bits per heavy atom. The molecule has 1 aromatic carbocycles. The molecule has 0 fully saturated rings. The third-order valence-electron chi connectivity index (χ3n) is 3.80. The van der Waals surface area contributed by atoms with Crippen LogP contribution in [0.4, 0.5) is 0 Å². The van der Waals surface area contributed by atoms with Crippen molar-refractivity contribution in [3.63, 3.8) is 0 Å². The zero-order valence-electron chi connectivity index (χ0n) is 14.8. The molecule has 0 aliphatic heterocycles. The number of aryl methyl sites for hydroxylation is 2. The molecule has 9 nitrogen and oxygen atoms in total. The Kier molecular flexibility index (Phi) is 5.50. The number of nitrogens with one attached hydrogen (secondary N) is 2. The number of ether oxygens (including phenoxy) is 1. The summed E-state index contributed by atoms with van der Waals surface area (Å²) >= 11 is 0. The molecule has 27 heavy (non-hydrogen) atoms. The van der Waals surface area contributed by atoms with Gasteiger partial charge in [0.05, 0.1) is 18.9 Å². The van der Waals surface area contributed by atoms with Crippen molar-refractivity contribution in [2.45, 2.75) is 19.8 Å².